The molecule has 122 valence electrons. The van der Waals surface area contributed by atoms with E-state index in [1.807, 2.05) is 4.90 Å². The minimum absolute atomic E-state index is 0.134. The quantitative estimate of drug-likeness (QED) is 0.847. The van der Waals surface area contributed by atoms with Gasteiger partial charge in [-0.3, -0.25) is 4.79 Å². The van der Waals surface area contributed by atoms with Crippen molar-refractivity contribution in [3.8, 4) is 0 Å². The number of piperidine rings is 1. The Labute approximate surface area is 133 Å². The maximum Gasteiger partial charge on any atom is 0.290 e. The number of nitrogens with zero attached hydrogens (tertiary/aromatic N) is 4. The lowest BCUT2D eigenvalue weighted by atomic mass is 9.93. The summed E-state index contributed by atoms with van der Waals surface area (Å²) in [4.78, 5) is 22.3. The van der Waals surface area contributed by atoms with Crippen molar-refractivity contribution in [1.82, 2.24) is 20.4 Å². The molecule has 2 aromatic rings. The van der Waals surface area contributed by atoms with Gasteiger partial charge in [-0.05, 0) is 25.8 Å². The van der Waals surface area contributed by atoms with Gasteiger partial charge in [-0.1, -0.05) is 5.16 Å². The smallest absolute Gasteiger partial charge is 0.290 e. The molecule has 1 amide bonds. The predicted molar refractivity (Wildman–Crippen MR) is 82.0 cm³/mol. The van der Waals surface area contributed by atoms with Crippen molar-refractivity contribution < 1.29 is 14.4 Å². The fraction of sp³-hybridized carbons (Fsp3) is 0.467. The van der Waals surface area contributed by atoms with Gasteiger partial charge >= 0.3 is 0 Å². The number of carbonyl (C=O) groups is 1. The van der Waals surface area contributed by atoms with Gasteiger partial charge in [0.25, 0.3) is 5.91 Å². The van der Waals surface area contributed by atoms with Crippen LogP contribution in [0.2, 0.25) is 0 Å². The van der Waals surface area contributed by atoms with Crippen LogP contribution >= 0.6 is 0 Å². The van der Waals surface area contributed by atoms with Crippen molar-refractivity contribution in [2.24, 2.45) is 0 Å². The molecule has 8 nitrogen and oxygen atoms in total. The number of aromatic nitrogens is 3. The van der Waals surface area contributed by atoms with Gasteiger partial charge < -0.3 is 19.8 Å². The van der Waals surface area contributed by atoms with E-state index >= 15 is 0 Å². The normalized spacial score (nSPS) is 21.2. The number of aryl methyl sites for hydroxylation is 1. The fourth-order valence-corrected chi connectivity index (χ4v) is 2.68. The highest BCUT2D eigenvalue weighted by atomic mass is 16.5. The van der Waals surface area contributed by atoms with Gasteiger partial charge in [0.1, 0.15) is 0 Å². The summed E-state index contributed by atoms with van der Waals surface area (Å²) in [6, 6.07) is 3.31. The number of amides is 1. The Hall–Kier alpha value is -2.48. The van der Waals surface area contributed by atoms with E-state index in [0.717, 1.165) is 13.0 Å². The van der Waals surface area contributed by atoms with E-state index in [-0.39, 0.29) is 18.2 Å². The average molecular weight is 317 g/mol. The van der Waals surface area contributed by atoms with E-state index in [0.29, 0.717) is 24.6 Å². The fourth-order valence-electron chi connectivity index (χ4n) is 2.68. The summed E-state index contributed by atoms with van der Waals surface area (Å²) in [7, 11) is 0. The van der Waals surface area contributed by atoms with E-state index in [4.69, 9.17) is 4.52 Å². The third-order valence-corrected chi connectivity index (χ3v) is 3.82. The molecule has 1 fully saturated rings. The molecule has 0 radical (unpaired) electrons. The number of β-amino-alcohol motifs (C(OH)–C–C–N with tert-alkyl or cyclic N) is 1. The molecule has 1 atom stereocenters. The zero-order valence-corrected chi connectivity index (χ0v) is 12.9. The second-order valence-electron chi connectivity index (χ2n) is 5.81. The predicted octanol–water partition coefficient (Wildman–Crippen LogP) is 0.534. The number of hydrogen-bond acceptors (Lipinski definition) is 7. The zero-order chi connectivity index (χ0) is 16.3. The van der Waals surface area contributed by atoms with Crippen LogP contribution in [0.15, 0.2) is 29.0 Å². The lowest BCUT2D eigenvalue weighted by molar-refractivity contribution is 0.0248. The van der Waals surface area contributed by atoms with Crippen molar-refractivity contribution >= 4 is 11.9 Å². The average Bonchev–Trinajstić information content (AvgIpc) is 3.00. The molecule has 0 aromatic carbocycles. The topological polar surface area (TPSA) is 104 Å². The van der Waals surface area contributed by atoms with Gasteiger partial charge in [-0.25, -0.2) is 9.97 Å². The molecule has 1 aliphatic heterocycles. The minimum atomic E-state index is -1.03. The molecular formula is C15H19N5O3. The van der Waals surface area contributed by atoms with Crippen LogP contribution in [-0.4, -0.2) is 51.4 Å². The third kappa shape index (κ3) is 3.65. The largest absolute Gasteiger partial charge is 0.386 e. The Kier molecular flexibility index (Phi) is 4.24. The molecular weight excluding hydrogens is 298 g/mol. The summed E-state index contributed by atoms with van der Waals surface area (Å²) in [5.41, 5.74) is -0.388. The number of aliphatic hydroxyl groups is 1. The summed E-state index contributed by atoms with van der Waals surface area (Å²) in [6.45, 7) is 3.02. The Bertz CT molecular complexity index is 675. The first-order chi connectivity index (χ1) is 11.1. The summed E-state index contributed by atoms with van der Waals surface area (Å²) < 4.78 is 4.92. The van der Waals surface area contributed by atoms with Crippen molar-refractivity contribution in [2.75, 3.05) is 24.5 Å². The molecule has 1 saturated heterocycles. The van der Waals surface area contributed by atoms with Crippen LogP contribution in [0, 0.1) is 6.92 Å². The molecule has 0 spiro atoms. The molecule has 3 rings (SSSR count). The summed E-state index contributed by atoms with van der Waals surface area (Å²) in [6.07, 6.45) is 4.74. The van der Waals surface area contributed by atoms with Crippen molar-refractivity contribution in [3.63, 3.8) is 0 Å². The zero-order valence-electron chi connectivity index (χ0n) is 12.9. The SMILES string of the molecule is Cc1cc(C(=O)NCC2(O)CCCN(c3ncccn3)C2)on1. The van der Waals surface area contributed by atoms with Crippen LogP contribution in [0.5, 0.6) is 0 Å². The Morgan fingerprint density at radius 1 is 1.48 bits per heavy atom. The number of rotatable bonds is 4. The first-order valence-corrected chi connectivity index (χ1v) is 7.52. The summed E-state index contributed by atoms with van der Waals surface area (Å²) in [5.74, 6) is 0.347. The van der Waals surface area contributed by atoms with E-state index < -0.39 is 5.60 Å². The van der Waals surface area contributed by atoms with Gasteiger partial charge in [0.05, 0.1) is 17.8 Å². The standard InChI is InChI=1S/C15H19N5O3/c1-11-8-12(23-19-11)13(21)18-9-15(22)4-2-7-20(10-15)14-16-5-3-6-17-14/h3,5-6,8,22H,2,4,7,9-10H2,1H3,(H,18,21). The van der Waals surface area contributed by atoms with Crippen LogP contribution in [0.25, 0.3) is 0 Å². The van der Waals surface area contributed by atoms with Crippen LogP contribution in [0.4, 0.5) is 5.95 Å². The van der Waals surface area contributed by atoms with Gasteiger partial charge in [0.15, 0.2) is 0 Å². The molecule has 1 unspecified atom stereocenters. The molecule has 3 heterocycles. The van der Waals surface area contributed by atoms with E-state index in [1.165, 1.54) is 0 Å². The molecule has 2 aromatic heterocycles. The maximum absolute atomic E-state index is 12.0. The molecule has 0 aliphatic carbocycles. The summed E-state index contributed by atoms with van der Waals surface area (Å²) in [5, 5.41) is 17.1. The molecule has 0 saturated carbocycles. The number of anilines is 1. The van der Waals surface area contributed by atoms with Crippen molar-refractivity contribution in [2.45, 2.75) is 25.4 Å². The first-order valence-electron chi connectivity index (χ1n) is 7.52. The van der Waals surface area contributed by atoms with Gasteiger partial charge in [-0.15, -0.1) is 0 Å². The van der Waals surface area contributed by atoms with Crippen molar-refractivity contribution in [3.05, 3.63) is 36.0 Å². The van der Waals surface area contributed by atoms with Crippen molar-refractivity contribution in [1.29, 1.82) is 0 Å². The second-order valence-corrected chi connectivity index (χ2v) is 5.81. The lowest BCUT2D eigenvalue weighted by Gasteiger charge is -2.39. The monoisotopic (exact) mass is 317 g/mol. The number of carbonyl (C=O) groups excluding carboxylic acids is 1. The van der Waals surface area contributed by atoms with Gasteiger partial charge in [-0.2, -0.15) is 0 Å². The molecule has 1 aliphatic rings. The third-order valence-electron chi connectivity index (χ3n) is 3.82. The number of nitrogens with one attached hydrogen (secondary N) is 1. The highest BCUT2D eigenvalue weighted by Gasteiger charge is 2.34. The Morgan fingerprint density at radius 2 is 2.26 bits per heavy atom. The Balaban J connectivity index is 1.61. The van der Waals surface area contributed by atoms with Gasteiger partial charge in [0, 0.05) is 31.5 Å². The molecule has 0 bridgehead atoms. The second kappa shape index (κ2) is 6.33. The van der Waals surface area contributed by atoms with E-state index in [1.54, 1.807) is 31.5 Å². The Morgan fingerprint density at radius 3 is 2.96 bits per heavy atom. The van der Waals surface area contributed by atoms with Crippen LogP contribution < -0.4 is 10.2 Å². The van der Waals surface area contributed by atoms with E-state index in [9.17, 15) is 9.90 Å². The maximum atomic E-state index is 12.0. The van der Waals surface area contributed by atoms with Crippen LogP contribution in [0.1, 0.15) is 29.1 Å². The first kappa shape index (κ1) is 15.4. The highest BCUT2D eigenvalue weighted by Crippen LogP contribution is 2.23. The molecule has 23 heavy (non-hydrogen) atoms. The van der Waals surface area contributed by atoms with E-state index in [2.05, 4.69) is 20.4 Å². The molecule has 2 N–H and O–H groups in total. The number of hydrogen-bond donors (Lipinski definition) is 2. The molecule has 8 heteroatoms. The van der Waals surface area contributed by atoms with Crippen LogP contribution in [-0.2, 0) is 0 Å². The van der Waals surface area contributed by atoms with Crippen LogP contribution in [0.3, 0.4) is 0 Å². The van der Waals surface area contributed by atoms with Gasteiger partial charge in [0.2, 0.25) is 11.7 Å². The minimum Gasteiger partial charge on any atom is -0.386 e. The lowest BCUT2D eigenvalue weighted by Crippen LogP contribution is -2.54. The summed E-state index contributed by atoms with van der Waals surface area (Å²) >= 11 is 0. The highest BCUT2D eigenvalue weighted by molar-refractivity contribution is 5.91.